The number of carbonyl (C=O) groups is 1. The van der Waals surface area contributed by atoms with Crippen LogP contribution in [0.1, 0.15) is 53.5 Å². The fourth-order valence-corrected chi connectivity index (χ4v) is 2.13. The van der Waals surface area contributed by atoms with E-state index in [1.54, 1.807) is 0 Å². The van der Waals surface area contributed by atoms with Gasteiger partial charge < -0.3 is 9.84 Å². The second-order valence-corrected chi connectivity index (χ2v) is 5.43. The normalized spacial score (nSPS) is 12.4. The summed E-state index contributed by atoms with van der Waals surface area (Å²) in [6, 6.07) is 2.11. The Morgan fingerprint density at radius 3 is 2.71 bits per heavy atom. The van der Waals surface area contributed by atoms with Crippen molar-refractivity contribution in [2.45, 2.75) is 53.6 Å². The number of nitrogens with one attached hydrogen (secondary N) is 1. The van der Waals surface area contributed by atoms with E-state index in [0.717, 1.165) is 23.4 Å². The molecule has 2 aromatic heterocycles. The SMILES string of the molecule is CC[C@@H](C)NC(=O)c1noc(C)c1Cn1nc(C)cc1C. The van der Waals surface area contributed by atoms with Gasteiger partial charge in [0.15, 0.2) is 5.69 Å². The summed E-state index contributed by atoms with van der Waals surface area (Å²) in [5.41, 5.74) is 3.12. The first-order valence-electron chi connectivity index (χ1n) is 7.19. The van der Waals surface area contributed by atoms with Crippen molar-refractivity contribution in [1.29, 1.82) is 0 Å². The van der Waals surface area contributed by atoms with Crippen molar-refractivity contribution >= 4 is 5.91 Å². The van der Waals surface area contributed by atoms with Crippen molar-refractivity contribution in [3.05, 3.63) is 34.5 Å². The molecule has 0 saturated heterocycles. The second kappa shape index (κ2) is 6.11. The molecule has 1 atom stereocenters. The molecule has 0 saturated carbocycles. The lowest BCUT2D eigenvalue weighted by atomic mass is 10.1. The molecular formula is C15H22N4O2. The smallest absolute Gasteiger partial charge is 0.274 e. The van der Waals surface area contributed by atoms with E-state index < -0.39 is 0 Å². The van der Waals surface area contributed by atoms with Gasteiger partial charge in [-0.2, -0.15) is 5.10 Å². The first-order valence-corrected chi connectivity index (χ1v) is 7.19. The summed E-state index contributed by atoms with van der Waals surface area (Å²) in [6.45, 7) is 10.2. The zero-order valence-corrected chi connectivity index (χ0v) is 13.2. The summed E-state index contributed by atoms with van der Waals surface area (Å²) in [5.74, 6) is 0.453. The predicted octanol–water partition coefficient (Wildman–Crippen LogP) is 2.37. The third-order valence-electron chi connectivity index (χ3n) is 3.60. The summed E-state index contributed by atoms with van der Waals surface area (Å²) in [5, 5.41) is 11.2. The van der Waals surface area contributed by atoms with E-state index in [9.17, 15) is 4.79 Å². The lowest BCUT2D eigenvalue weighted by Crippen LogP contribution is -2.33. The highest BCUT2D eigenvalue weighted by molar-refractivity contribution is 5.93. The van der Waals surface area contributed by atoms with Crippen molar-refractivity contribution in [2.75, 3.05) is 0 Å². The predicted molar refractivity (Wildman–Crippen MR) is 79.3 cm³/mol. The molecule has 0 aromatic carbocycles. The Hall–Kier alpha value is -2.11. The van der Waals surface area contributed by atoms with E-state index in [1.807, 2.05) is 45.4 Å². The Bertz CT molecular complexity index is 642. The van der Waals surface area contributed by atoms with Gasteiger partial charge >= 0.3 is 0 Å². The average molecular weight is 290 g/mol. The zero-order valence-electron chi connectivity index (χ0n) is 13.2. The number of aryl methyl sites for hydroxylation is 3. The molecule has 2 aromatic rings. The minimum absolute atomic E-state index is 0.107. The van der Waals surface area contributed by atoms with Gasteiger partial charge in [-0.1, -0.05) is 12.1 Å². The number of nitrogens with zero attached hydrogens (tertiary/aromatic N) is 3. The number of carbonyl (C=O) groups excluding carboxylic acids is 1. The molecule has 0 aliphatic carbocycles. The maximum Gasteiger partial charge on any atom is 0.274 e. The molecule has 2 rings (SSSR count). The molecule has 6 heteroatoms. The van der Waals surface area contributed by atoms with Crippen molar-refractivity contribution in [2.24, 2.45) is 0 Å². The van der Waals surface area contributed by atoms with Crippen LogP contribution in [0.5, 0.6) is 0 Å². The number of aromatic nitrogens is 3. The molecule has 1 N–H and O–H groups in total. The van der Waals surface area contributed by atoms with E-state index in [1.165, 1.54) is 0 Å². The number of hydrogen-bond donors (Lipinski definition) is 1. The van der Waals surface area contributed by atoms with Gasteiger partial charge in [-0.05, 0) is 40.2 Å². The molecule has 0 bridgehead atoms. The highest BCUT2D eigenvalue weighted by atomic mass is 16.5. The first-order chi connectivity index (χ1) is 9.92. The first kappa shape index (κ1) is 15.3. The second-order valence-electron chi connectivity index (χ2n) is 5.43. The highest BCUT2D eigenvalue weighted by Gasteiger charge is 2.21. The van der Waals surface area contributed by atoms with Gasteiger partial charge in [0, 0.05) is 17.3 Å². The molecule has 21 heavy (non-hydrogen) atoms. The van der Waals surface area contributed by atoms with E-state index in [4.69, 9.17) is 4.52 Å². The molecule has 0 spiro atoms. The Morgan fingerprint density at radius 1 is 1.43 bits per heavy atom. The van der Waals surface area contributed by atoms with Crippen LogP contribution in [0.25, 0.3) is 0 Å². The fourth-order valence-electron chi connectivity index (χ4n) is 2.13. The Balaban J connectivity index is 2.26. The van der Waals surface area contributed by atoms with Crippen molar-refractivity contribution in [1.82, 2.24) is 20.3 Å². The van der Waals surface area contributed by atoms with Gasteiger partial charge in [-0.3, -0.25) is 9.48 Å². The molecule has 6 nitrogen and oxygen atoms in total. The summed E-state index contributed by atoms with van der Waals surface area (Å²) in [6.07, 6.45) is 0.870. The Labute approximate surface area is 124 Å². The maximum atomic E-state index is 12.3. The van der Waals surface area contributed by atoms with E-state index in [2.05, 4.69) is 15.6 Å². The molecule has 1 amide bonds. The Kier molecular flexibility index (Phi) is 4.45. The van der Waals surface area contributed by atoms with Crippen LogP contribution < -0.4 is 5.32 Å². The molecular weight excluding hydrogens is 268 g/mol. The van der Waals surface area contributed by atoms with Crippen LogP contribution in [-0.2, 0) is 6.54 Å². The van der Waals surface area contributed by atoms with Crippen LogP contribution in [0.15, 0.2) is 10.6 Å². The lowest BCUT2D eigenvalue weighted by molar-refractivity contribution is 0.0929. The van der Waals surface area contributed by atoms with Crippen LogP contribution in [0.2, 0.25) is 0 Å². The number of amides is 1. The maximum absolute atomic E-state index is 12.3. The molecule has 0 aliphatic rings. The minimum atomic E-state index is -0.197. The van der Waals surface area contributed by atoms with Gasteiger partial charge in [0.1, 0.15) is 5.76 Å². The molecule has 0 radical (unpaired) electrons. The van der Waals surface area contributed by atoms with Gasteiger partial charge in [-0.15, -0.1) is 0 Å². The molecule has 114 valence electrons. The van der Waals surface area contributed by atoms with Crippen LogP contribution in [-0.4, -0.2) is 26.9 Å². The van der Waals surface area contributed by atoms with Crippen molar-refractivity contribution < 1.29 is 9.32 Å². The number of hydrogen-bond acceptors (Lipinski definition) is 4. The van der Waals surface area contributed by atoms with Crippen molar-refractivity contribution in [3.8, 4) is 0 Å². The fraction of sp³-hybridized carbons (Fsp3) is 0.533. The van der Waals surface area contributed by atoms with Crippen LogP contribution in [0.3, 0.4) is 0 Å². The minimum Gasteiger partial charge on any atom is -0.361 e. The summed E-state index contributed by atoms with van der Waals surface area (Å²) in [4.78, 5) is 12.3. The lowest BCUT2D eigenvalue weighted by Gasteiger charge is -2.11. The third-order valence-corrected chi connectivity index (χ3v) is 3.60. The quantitative estimate of drug-likeness (QED) is 0.917. The van der Waals surface area contributed by atoms with Gasteiger partial charge in [-0.25, -0.2) is 0 Å². The summed E-state index contributed by atoms with van der Waals surface area (Å²) < 4.78 is 7.05. The standard InChI is InChI=1S/C15H22N4O2/c1-6-9(2)16-15(20)14-13(12(5)21-18-14)8-19-11(4)7-10(3)17-19/h7,9H,6,8H2,1-5H3,(H,16,20)/t9-/m1/s1. The van der Waals surface area contributed by atoms with Crippen LogP contribution in [0.4, 0.5) is 0 Å². The molecule has 0 fully saturated rings. The van der Waals surface area contributed by atoms with E-state index >= 15 is 0 Å². The van der Waals surface area contributed by atoms with Gasteiger partial charge in [0.25, 0.3) is 5.91 Å². The molecule has 0 aliphatic heterocycles. The van der Waals surface area contributed by atoms with Crippen LogP contribution in [0, 0.1) is 20.8 Å². The topological polar surface area (TPSA) is 73.0 Å². The van der Waals surface area contributed by atoms with E-state index in [-0.39, 0.29) is 11.9 Å². The van der Waals surface area contributed by atoms with Crippen LogP contribution >= 0.6 is 0 Å². The molecule has 2 heterocycles. The summed E-state index contributed by atoms with van der Waals surface area (Å²) >= 11 is 0. The van der Waals surface area contributed by atoms with Gasteiger partial charge in [0.05, 0.1) is 12.2 Å². The molecule has 0 unspecified atom stereocenters. The number of rotatable bonds is 5. The van der Waals surface area contributed by atoms with Crippen molar-refractivity contribution in [3.63, 3.8) is 0 Å². The Morgan fingerprint density at radius 2 is 2.14 bits per heavy atom. The average Bonchev–Trinajstić information content (AvgIpc) is 2.94. The highest BCUT2D eigenvalue weighted by Crippen LogP contribution is 2.16. The summed E-state index contributed by atoms with van der Waals surface area (Å²) in [7, 11) is 0. The largest absolute Gasteiger partial charge is 0.361 e. The third kappa shape index (κ3) is 3.32. The van der Waals surface area contributed by atoms with Gasteiger partial charge in [0.2, 0.25) is 0 Å². The van der Waals surface area contributed by atoms with E-state index in [0.29, 0.717) is 18.0 Å². The zero-order chi connectivity index (χ0) is 15.6. The monoisotopic (exact) mass is 290 g/mol.